The van der Waals surface area contributed by atoms with Crippen LogP contribution in [0.15, 0.2) is 54.9 Å². The quantitative estimate of drug-likeness (QED) is 0.848. The fourth-order valence-electron chi connectivity index (χ4n) is 2.82. The highest BCUT2D eigenvalue weighted by atomic mass is 16.2. The minimum Gasteiger partial charge on any atom is -0.365 e. The lowest BCUT2D eigenvalue weighted by Crippen LogP contribution is -2.53. The molecule has 4 nitrogen and oxygen atoms in total. The first-order valence-electron chi connectivity index (χ1n) is 7.26. The molecule has 1 aliphatic heterocycles. The molecule has 1 aromatic heterocycles. The SMILES string of the molecule is CC1CN(C(=O)c2cccnc2)CCN1c1ccccc1. The van der Waals surface area contributed by atoms with Crippen LogP contribution in [0.25, 0.3) is 0 Å². The maximum absolute atomic E-state index is 12.5. The Labute approximate surface area is 125 Å². The molecule has 21 heavy (non-hydrogen) atoms. The van der Waals surface area contributed by atoms with Crippen LogP contribution in [0.1, 0.15) is 17.3 Å². The van der Waals surface area contributed by atoms with Gasteiger partial charge in [0.2, 0.25) is 0 Å². The van der Waals surface area contributed by atoms with Gasteiger partial charge in [0.1, 0.15) is 0 Å². The lowest BCUT2D eigenvalue weighted by atomic mass is 10.1. The fraction of sp³-hybridized carbons (Fsp3) is 0.294. The number of aromatic nitrogens is 1. The third-order valence-corrected chi connectivity index (χ3v) is 3.91. The van der Waals surface area contributed by atoms with Crippen molar-refractivity contribution in [3.05, 3.63) is 60.4 Å². The van der Waals surface area contributed by atoms with Gasteiger partial charge in [-0.05, 0) is 31.2 Å². The zero-order valence-corrected chi connectivity index (χ0v) is 12.1. The Morgan fingerprint density at radius 1 is 1.14 bits per heavy atom. The molecule has 3 rings (SSSR count). The average Bonchev–Trinajstić information content (AvgIpc) is 2.55. The van der Waals surface area contributed by atoms with E-state index < -0.39 is 0 Å². The molecular formula is C17H19N3O. The van der Waals surface area contributed by atoms with Gasteiger partial charge in [0, 0.05) is 43.8 Å². The normalized spacial score (nSPS) is 18.6. The number of anilines is 1. The van der Waals surface area contributed by atoms with E-state index >= 15 is 0 Å². The van der Waals surface area contributed by atoms with E-state index in [0.717, 1.165) is 19.6 Å². The highest BCUT2D eigenvalue weighted by Gasteiger charge is 2.27. The summed E-state index contributed by atoms with van der Waals surface area (Å²) in [5, 5.41) is 0. The molecule has 2 aromatic rings. The van der Waals surface area contributed by atoms with Gasteiger partial charge >= 0.3 is 0 Å². The second-order valence-corrected chi connectivity index (χ2v) is 5.37. The lowest BCUT2D eigenvalue weighted by molar-refractivity contribution is 0.0726. The first-order chi connectivity index (χ1) is 10.3. The van der Waals surface area contributed by atoms with Crippen molar-refractivity contribution in [2.75, 3.05) is 24.5 Å². The molecule has 0 aliphatic carbocycles. The maximum Gasteiger partial charge on any atom is 0.255 e. The molecule has 1 amide bonds. The van der Waals surface area contributed by atoms with Crippen LogP contribution in [0.4, 0.5) is 5.69 Å². The Kier molecular flexibility index (Phi) is 3.86. The standard InChI is InChI=1S/C17H19N3O/c1-14-13-19(17(21)15-6-5-9-18-12-15)10-11-20(14)16-7-3-2-4-8-16/h2-9,12,14H,10-11,13H2,1H3. The third kappa shape index (κ3) is 2.89. The van der Waals surface area contributed by atoms with Crippen LogP contribution >= 0.6 is 0 Å². The summed E-state index contributed by atoms with van der Waals surface area (Å²) in [6.45, 7) is 4.50. The molecule has 0 saturated carbocycles. The van der Waals surface area contributed by atoms with Crippen molar-refractivity contribution in [2.45, 2.75) is 13.0 Å². The summed E-state index contributed by atoms with van der Waals surface area (Å²) >= 11 is 0. The number of benzene rings is 1. The summed E-state index contributed by atoms with van der Waals surface area (Å²) in [5.41, 5.74) is 1.89. The zero-order chi connectivity index (χ0) is 14.7. The van der Waals surface area contributed by atoms with Gasteiger partial charge in [-0.25, -0.2) is 0 Å². The van der Waals surface area contributed by atoms with E-state index in [9.17, 15) is 4.79 Å². The topological polar surface area (TPSA) is 36.4 Å². The molecule has 1 saturated heterocycles. The molecule has 4 heteroatoms. The van der Waals surface area contributed by atoms with Gasteiger partial charge in [-0.3, -0.25) is 9.78 Å². The molecule has 2 heterocycles. The van der Waals surface area contributed by atoms with Crippen LogP contribution in [-0.2, 0) is 0 Å². The second-order valence-electron chi connectivity index (χ2n) is 5.37. The monoisotopic (exact) mass is 281 g/mol. The first kappa shape index (κ1) is 13.6. The van der Waals surface area contributed by atoms with Crippen LogP contribution in [0.5, 0.6) is 0 Å². The van der Waals surface area contributed by atoms with Crippen LogP contribution in [0.3, 0.4) is 0 Å². The first-order valence-corrected chi connectivity index (χ1v) is 7.26. The molecule has 108 valence electrons. The van der Waals surface area contributed by atoms with E-state index in [2.05, 4.69) is 41.1 Å². The Balaban J connectivity index is 1.70. The van der Waals surface area contributed by atoms with Gasteiger partial charge in [0.15, 0.2) is 0 Å². The van der Waals surface area contributed by atoms with Gasteiger partial charge in [-0.1, -0.05) is 18.2 Å². The minimum atomic E-state index is 0.0719. The molecule has 1 unspecified atom stereocenters. The smallest absolute Gasteiger partial charge is 0.255 e. The number of rotatable bonds is 2. The Hall–Kier alpha value is -2.36. The predicted octanol–water partition coefficient (Wildman–Crippen LogP) is 2.43. The summed E-state index contributed by atoms with van der Waals surface area (Å²) < 4.78 is 0. The summed E-state index contributed by atoms with van der Waals surface area (Å²) in [6, 6.07) is 14.3. The van der Waals surface area contributed by atoms with Crippen molar-refractivity contribution < 1.29 is 4.79 Å². The molecule has 0 radical (unpaired) electrons. The Bertz CT molecular complexity index is 600. The summed E-state index contributed by atoms with van der Waals surface area (Å²) in [5.74, 6) is 0.0719. The molecule has 0 spiro atoms. The van der Waals surface area contributed by atoms with Crippen LogP contribution < -0.4 is 4.90 Å². The van der Waals surface area contributed by atoms with Crippen molar-refractivity contribution in [1.29, 1.82) is 0 Å². The number of para-hydroxylation sites is 1. The molecule has 1 fully saturated rings. The number of amides is 1. The van der Waals surface area contributed by atoms with Gasteiger partial charge in [-0.15, -0.1) is 0 Å². The maximum atomic E-state index is 12.5. The number of hydrogen-bond donors (Lipinski definition) is 0. The number of pyridine rings is 1. The molecule has 0 bridgehead atoms. The van der Waals surface area contributed by atoms with Crippen LogP contribution in [0.2, 0.25) is 0 Å². The largest absolute Gasteiger partial charge is 0.365 e. The van der Waals surface area contributed by atoms with Gasteiger partial charge in [0.25, 0.3) is 5.91 Å². The Morgan fingerprint density at radius 2 is 1.95 bits per heavy atom. The molecule has 1 aliphatic rings. The van der Waals surface area contributed by atoms with E-state index in [4.69, 9.17) is 0 Å². The van der Waals surface area contributed by atoms with E-state index in [1.807, 2.05) is 17.0 Å². The van der Waals surface area contributed by atoms with Crippen LogP contribution in [-0.4, -0.2) is 41.5 Å². The van der Waals surface area contributed by atoms with Crippen molar-refractivity contribution in [2.24, 2.45) is 0 Å². The number of nitrogens with zero attached hydrogens (tertiary/aromatic N) is 3. The second kappa shape index (κ2) is 5.95. The molecule has 1 aromatic carbocycles. The summed E-state index contributed by atoms with van der Waals surface area (Å²) in [6.07, 6.45) is 3.32. The van der Waals surface area contributed by atoms with E-state index in [-0.39, 0.29) is 5.91 Å². The summed E-state index contributed by atoms with van der Waals surface area (Å²) in [7, 11) is 0. The summed E-state index contributed by atoms with van der Waals surface area (Å²) in [4.78, 5) is 20.8. The highest BCUT2D eigenvalue weighted by Crippen LogP contribution is 2.20. The van der Waals surface area contributed by atoms with Crippen molar-refractivity contribution in [1.82, 2.24) is 9.88 Å². The van der Waals surface area contributed by atoms with Crippen molar-refractivity contribution in [3.63, 3.8) is 0 Å². The predicted molar refractivity (Wildman–Crippen MR) is 83.4 cm³/mol. The van der Waals surface area contributed by atoms with Crippen molar-refractivity contribution in [3.8, 4) is 0 Å². The lowest BCUT2D eigenvalue weighted by Gasteiger charge is -2.41. The average molecular weight is 281 g/mol. The minimum absolute atomic E-state index is 0.0719. The molecule has 1 atom stereocenters. The number of carbonyl (C=O) groups excluding carboxylic acids is 1. The van der Waals surface area contributed by atoms with Gasteiger partial charge in [-0.2, -0.15) is 0 Å². The molecule has 0 N–H and O–H groups in total. The zero-order valence-electron chi connectivity index (χ0n) is 12.1. The van der Waals surface area contributed by atoms with Crippen molar-refractivity contribution >= 4 is 11.6 Å². The number of hydrogen-bond acceptors (Lipinski definition) is 3. The number of carbonyl (C=O) groups is 1. The third-order valence-electron chi connectivity index (χ3n) is 3.91. The van der Waals surface area contributed by atoms with E-state index in [0.29, 0.717) is 11.6 Å². The fourth-order valence-corrected chi connectivity index (χ4v) is 2.82. The molecular weight excluding hydrogens is 262 g/mol. The van der Waals surface area contributed by atoms with Crippen LogP contribution in [0, 0.1) is 0 Å². The van der Waals surface area contributed by atoms with Gasteiger partial charge in [0.05, 0.1) is 5.56 Å². The number of piperazine rings is 1. The van der Waals surface area contributed by atoms with E-state index in [1.165, 1.54) is 5.69 Å². The van der Waals surface area contributed by atoms with Gasteiger partial charge < -0.3 is 9.80 Å². The highest BCUT2D eigenvalue weighted by molar-refractivity contribution is 5.94. The van der Waals surface area contributed by atoms with E-state index in [1.54, 1.807) is 18.5 Å². The Morgan fingerprint density at radius 3 is 2.62 bits per heavy atom.